The van der Waals surface area contributed by atoms with E-state index in [1.165, 1.54) is 43.6 Å². The molecule has 0 radical (unpaired) electrons. The molecule has 0 spiro atoms. The van der Waals surface area contributed by atoms with Crippen LogP contribution in [0.4, 0.5) is 34.1 Å². The molecule has 0 aliphatic rings. The van der Waals surface area contributed by atoms with Gasteiger partial charge in [-0.05, 0) is 117 Å². The van der Waals surface area contributed by atoms with Gasteiger partial charge in [-0.3, -0.25) is 0 Å². The van der Waals surface area contributed by atoms with Crippen LogP contribution in [-0.4, -0.2) is 0 Å². The van der Waals surface area contributed by atoms with Gasteiger partial charge in [-0.15, -0.1) is 0 Å². The summed E-state index contributed by atoms with van der Waals surface area (Å²) in [7, 11) is 0. The van der Waals surface area contributed by atoms with E-state index in [-0.39, 0.29) is 0 Å². The molecule has 0 aliphatic carbocycles. The quantitative estimate of drug-likeness (QED) is 0.117. The van der Waals surface area contributed by atoms with Crippen molar-refractivity contribution in [2.75, 3.05) is 9.80 Å². The van der Waals surface area contributed by atoms with Crippen LogP contribution in [0.5, 0.6) is 0 Å². The van der Waals surface area contributed by atoms with Crippen LogP contribution in [0.25, 0.3) is 44.5 Å². The van der Waals surface area contributed by atoms with E-state index in [0.29, 0.717) is 0 Å². The van der Waals surface area contributed by atoms with Crippen LogP contribution in [0.1, 0.15) is 16.7 Å². The Balaban J connectivity index is 1.03. The van der Waals surface area contributed by atoms with Gasteiger partial charge in [0.25, 0.3) is 0 Å². The Morgan fingerprint density at radius 2 is 0.830 bits per heavy atom. The second kappa shape index (κ2) is 14.0. The van der Waals surface area contributed by atoms with Crippen LogP contribution in [0.3, 0.4) is 0 Å². The molecule has 0 amide bonds. The highest BCUT2D eigenvalue weighted by Gasteiger charge is 2.17. The number of anilines is 6. The third kappa shape index (κ3) is 6.44. The van der Waals surface area contributed by atoms with E-state index in [1.807, 2.05) is 0 Å². The average Bonchev–Trinajstić information content (AvgIpc) is 3.22. The molecule has 2 heteroatoms. The molecule has 0 saturated heterocycles. The van der Waals surface area contributed by atoms with Crippen LogP contribution < -0.4 is 9.80 Å². The normalized spacial score (nSPS) is 11.4. The van der Waals surface area contributed by atoms with Crippen molar-refractivity contribution in [1.29, 1.82) is 0 Å². The summed E-state index contributed by atoms with van der Waals surface area (Å²) in [6.07, 6.45) is 4.39. The van der Waals surface area contributed by atoms with E-state index in [1.54, 1.807) is 0 Å². The third-order valence-corrected chi connectivity index (χ3v) is 10.0. The minimum absolute atomic E-state index is 1.12. The Morgan fingerprint density at radius 1 is 0.321 bits per heavy atom. The van der Waals surface area contributed by atoms with Gasteiger partial charge < -0.3 is 9.80 Å². The molecule has 0 bridgehead atoms. The zero-order valence-corrected chi connectivity index (χ0v) is 29.6. The van der Waals surface area contributed by atoms with Crippen LogP contribution in [0, 0.1) is 6.92 Å². The first-order valence-corrected chi connectivity index (χ1v) is 18.2. The lowest BCUT2D eigenvalue weighted by Gasteiger charge is -2.28. The maximum Gasteiger partial charge on any atom is 0.0546 e. The summed E-state index contributed by atoms with van der Waals surface area (Å²) in [6, 6.07) is 72.0. The molecular weight excluding hydrogens is 641 g/mol. The topological polar surface area (TPSA) is 6.48 Å². The lowest BCUT2D eigenvalue weighted by atomic mass is 9.99. The fraction of sp³-hybridized carbons (Fsp3) is 0.0196. The molecule has 9 aromatic rings. The minimum Gasteiger partial charge on any atom is -0.310 e. The summed E-state index contributed by atoms with van der Waals surface area (Å²) in [5, 5.41) is 7.45. The summed E-state index contributed by atoms with van der Waals surface area (Å²) in [5.41, 5.74) is 10.3. The van der Waals surface area contributed by atoms with Crippen molar-refractivity contribution in [2.45, 2.75) is 6.92 Å². The SMILES string of the molecule is Cc1cccc(N(c2ccc(C=Cc3ccc(N(c4ccccc4)c4ccc5ccccc5c4)cc3)cc2)c2cc3ccccc3c3ccccc23)c1. The molecule has 0 N–H and O–H groups in total. The summed E-state index contributed by atoms with van der Waals surface area (Å²) in [5.74, 6) is 0. The molecule has 0 unspecified atom stereocenters. The number of fused-ring (bicyclic) bond motifs is 4. The van der Waals surface area contributed by atoms with Crippen LogP contribution in [0.15, 0.2) is 200 Å². The van der Waals surface area contributed by atoms with Crippen molar-refractivity contribution in [1.82, 2.24) is 0 Å². The van der Waals surface area contributed by atoms with Gasteiger partial charge >= 0.3 is 0 Å². The van der Waals surface area contributed by atoms with Crippen molar-refractivity contribution < 1.29 is 0 Å². The molecule has 9 aromatic carbocycles. The lowest BCUT2D eigenvalue weighted by Crippen LogP contribution is -2.10. The average molecular weight is 679 g/mol. The lowest BCUT2D eigenvalue weighted by molar-refractivity contribution is 1.28. The Morgan fingerprint density at radius 3 is 1.53 bits per heavy atom. The second-order valence-corrected chi connectivity index (χ2v) is 13.6. The Bertz CT molecular complexity index is 2730. The molecule has 0 saturated carbocycles. The van der Waals surface area contributed by atoms with Crippen molar-refractivity contribution in [3.05, 3.63) is 217 Å². The largest absolute Gasteiger partial charge is 0.310 e. The third-order valence-electron chi connectivity index (χ3n) is 10.0. The first-order valence-electron chi connectivity index (χ1n) is 18.2. The monoisotopic (exact) mass is 678 g/mol. The van der Waals surface area contributed by atoms with Crippen molar-refractivity contribution in [3.8, 4) is 0 Å². The fourth-order valence-electron chi connectivity index (χ4n) is 7.42. The smallest absolute Gasteiger partial charge is 0.0546 e. The highest BCUT2D eigenvalue weighted by Crippen LogP contribution is 2.42. The molecule has 53 heavy (non-hydrogen) atoms. The summed E-state index contributed by atoms with van der Waals surface area (Å²) < 4.78 is 0. The Labute approximate surface area is 311 Å². The molecular formula is C51H38N2. The van der Waals surface area contributed by atoms with Crippen LogP contribution in [0.2, 0.25) is 0 Å². The zero-order valence-electron chi connectivity index (χ0n) is 29.6. The molecule has 252 valence electrons. The maximum atomic E-state index is 2.39. The van der Waals surface area contributed by atoms with E-state index < -0.39 is 0 Å². The number of para-hydroxylation sites is 1. The molecule has 0 atom stereocenters. The first kappa shape index (κ1) is 32.0. The fourth-order valence-corrected chi connectivity index (χ4v) is 7.42. The first-order chi connectivity index (χ1) is 26.2. The predicted molar refractivity (Wildman–Crippen MR) is 228 cm³/mol. The van der Waals surface area contributed by atoms with Crippen molar-refractivity contribution in [2.24, 2.45) is 0 Å². The molecule has 2 nitrogen and oxygen atoms in total. The highest BCUT2D eigenvalue weighted by atomic mass is 15.1. The van der Waals surface area contributed by atoms with Gasteiger partial charge in [0.05, 0.1) is 5.69 Å². The van der Waals surface area contributed by atoms with E-state index in [2.05, 4.69) is 229 Å². The van der Waals surface area contributed by atoms with Crippen molar-refractivity contribution >= 4 is 78.6 Å². The van der Waals surface area contributed by atoms with E-state index in [9.17, 15) is 0 Å². The number of hydrogen-bond donors (Lipinski definition) is 0. The number of rotatable bonds is 8. The van der Waals surface area contributed by atoms with E-state index in [4.69, 9.17) is 0 Å². The van der Waals surface area contributed by atoms with Gasteiger partial charge in [-0.25, -0.2) is 0 Å². The van der Waals surface area contributed by atoms with Gasteiger partial charge in [0.1, 0.15) is 0 Å². The van der Waals surface area contributed by atoms with Crippen LogP contribution in [-0.2, 0) is 0 Å². The van der Waals surface area contributed by atoms with E-state index in [0.717, 1.165) is 39.6 Å². The predicted octanol–water partition coefficient (Wildman–Crippen LogP) is 14.6. The van der Waals surface area contributed by atoms with Gasteiger partial charge in [-0.1, -0.05) is 146 Å². The number of benzene rings is 9. The molecule has 0 heterocycles. The minimum atomic E-state index is 1.12. The summed E-state index contributed by atoms with van der Waals surface area (Å²) in [6.45, 7) is 2.16. The van der Waals surface area contributed by atoms with Gasteiger partial charge in [0, 0.05) is 33.8 Å². The summed E-state index contributed by atoms with van der Waals surface area (Å²) >= 11 is 0. The number of hydrogen-bond acceptors (Lipinski definition) is 2. The number of aryl methyl sites for hydroxylation is 1. The molecule has 0 fully saturated rings. The van der Waals surface area contributed by atoms with Crippen LogP contribution >= 0.6 is 0 Å². The molecule has 9 rings (SSSR count). The summed E-state index contributed by atoms with van der Waals surface area (Å²) in [4.78, 5) is 4.71. The number of nitrogens with zero attached hydrogens (tertiary/aromatic N) is 2. The zero-order chi connectivity index (χ0) is 35.6. The molecule has 0 aliphatic heterocycles. The van der Waals surface area contributed by atoms with Crippen molar-refractivity contribution in [3.63, 3.8) is 0 Å². The Kier molecular flexibility index (Phi) is 8.47. The molecule has 0 aromatic heterocycles. The standard InChI is InChI=1S/C51H38N2/c1-37-12-11-18-46(34-37)53(51-36-42-15-7-8-19-48(42)49-20-9-10-21-50(49)51)45-31-26-39(27-32-45)23-22-38-24-29-44(30-25-38)52(43-16-3-2-4-17-43)47-33-28-40-13-5-6-14-41(40)35-47/h2-36H,1H3. The Hall–Kier alpha value is -6.90. The highest BCUT2D eigenvalue weighted by molar-refractivity contribution is 6.14. The van der Waals surface area contributed by atoms with Gasteiger partial charge in [0.2, 0.25) is 0 Å². The second-order valence-electron chi connectivity index (χ2n) is 13.6. The van der Waals surface area contributed by atoms with E-state index >= 15 is 0 Å². The van der Waals surface area contributed by atoms with Gasteiger partial charge in [0.15, 0.2) is 0 Å². The van der Waals surface area contributed by atoms with Gasteiger partial charge in [-0.2, -0.15) is 0 Å². The maximum absolute atomic E-state index is 2.39.